The van der Waals surface area contributed by atoms with Gasteiger partial charge in [0.2, 0.25) is 5.60 Å². The van der Waals surface area contributed by atoms with Crippen molar-refractivity contribution in [3.8, 4) is 17.2 Å². The van der Waals surface area contributed by atoms with Crippen LogP contribution in [0.1, 0.15) is 30.3 Å². The third-order valence-electron chi connectivity index (χ3n) is 5.15. The first-order valence-corrected chi connectivity index (χ1v) is 9.54. The van der Waals surface area contributed by atoms with Crippen LogP contribution in [0.15, 0.2) is 49.2 Å². The Balaban J connectivity index is 1.70. The molecule has 1 aromatic carbocycles. The molecule has 32 heavy (non-hydrogen) atoms. The number of nitrogens with zero attached hydrogens (tertiary/aromatic N) is 7. The number of aliphatic hydroxyl groups is 1. The molecule has 3 aromatic heterocycles. The average Bonchev–Trinajstić information content (AvgIpc) is 3.26. The fourth-order valence-electron chi connectivity index (χ4n) is 3.39. The van der Waals surface area contributed by atoms with Gasteiger partial charge in [-0.15, -0.1) is 5.10 Å². The molecule has 11 heteroatoms. The van der Waals surface area contributed by atoms with Crippen molar-refractivity contribution in [3.63, 3.8) is 0 Å². The van der Waals surface area contributed by atoms with E-state index in [9.17, 15) is 23.5 Å². The van der Waals surface area contributed by atoms with Crippen molar-refractivity contribution < 1.29 is 18.3 Å². The molecule has 1 atom stereocenters. The van der Waals surface area contributed by atoms with E-state index in [1.165, 1.54) is 17.9 Å². The lowest BCUT2D eigenvalue weighted by Crippen LogP contribution is -2.42. The molecule has 0 bridgehead atoms. The molecule has 0 aliphatic heterocycles. The maximum Gasteiger partial charge on any atom is 0.423 e. The molecule has 0 aliphatic carbocycles. The standard InChI is InChI=1S/C21H16F3N7O/c1-2-20(32,21(22,23)24)19-11-31(30-29-19)10-13-3-4-16-17(14-8-26-12-27-9-14)6-15(7-25)28-18(16)5-13/h3-6,8-9,11-12,32H,2,10H2,1H3. The van der Waals surface area contributed by atoms with Gasteiger partial charge in [-0.05, 0) is 29.7 Å². The number of rotatable bonds is 5. The minimum atomic E-state index is -4.87. The highest BCUT2D eigenvalue weighted by atomic mass is 19.4. The molecular formula is C21H16F3N7O. The molecule has 0 fully saturated rings. The Labute approximate surface area is 180 Å². The summed E-state index contributed by atoms with van der Waals surface area (Å²) in [5, 5.41) is 27.4. The zero-order valence-electron chi connectivity index (χ0n) is 16.7. The molecule has 162 valence electrons. The molecule has 3 heterocycles. The minimum absolute atomic E-state index is 0.100. The average molecular weight is 439 g/mol. The molecule has 8 nitrogen and oxygen atoms in total. The fraction of sp³-hybridized carbons (Fsp3) is 0.238. The number of hydrogen-bond acceptors (Lipinski definition) is 7. The molecule has 4 aromatic rings. The summed E-state index contributed by atoms with van der Waals surface area (Å²) in [6.07, 6.45) is 0.277. The molecular weight excluding hydrogens is 423 g/mol. The Morgan fingerprint density at radius 1 is 1.16 bits per heavy atom. The summed E-state index contributed by atoms with van der Waals surface area (Å²) in [6, 6.07) is 8.97. The van der Waals surface area contributed by atoms with Crippen LogP contribution in [0.4, 0.5) is 13.2 Å². The zero-order chi connectivity index (χ0) is 22.9. The highest BCUT2D eigenvalue weighted by molar-refractivity contribution is 5.95. The Hall–Kier alpha value is -3.91. The van der Waals surface area contributed by atoms with Crippen molar-refractivity contribution >= 4 is 10.9 Å². The summed E-state index contributed by atoms with van der Waals surface area (Å²) < 4.78 is 41.1. The second kappa shape index (κ2) is 7.97. The van der Waals surface area contributed by atoms with Crippen LogP contribution in [0.5, 0.6) is 0 Å². The van der Waals surface area contributed by atoms with Gasteiger partial charge in [0, 0.05) is 23.3 Å². The lowest BCUT2D eigenvalue weighted by molar-refractivity contribution is -0.269. The minimum Gasteiger partial charge on any atom is -0.375 e. The Morgan fingerprint density at radius 3 is 2.56 bits per heavy atom. The van der Waals surface area contributed by atoms with Crippen molar-refractivity contribution in [1.29, 1.82) is 5.26 Å². The Morgan fingerprint density at radius 2 is 1.91 bits per heavy atom. The first-order valence-electron chi connectivity index (χ1n) is 9.54. The van der Waals surface area contributed by atoms with Crippen molar-refractivity contribution in [3.05, 3.63) is 66.1 Å². The van der Waals surface area contributed by atoms with Gasteiger partial charge in [-0.3, -0.25) is 0 Å². The predicted molar refractivity (Wildman–Crippen MR) is 107 cm³/mol. The van der Waals surface area contributed by atoms with Gasteiger partial charge in [0.25, 0.3) is 0 Å². The summed E-state index contributed by atoms with van der Waals surface area (Å²) in [6.45, 7) is 1.33. The third-order valence-corrected chi connectivity index (χ3v) is 5.15. The van der Waals surface area contributed by atoms with E-state index < -0.39 is 23.9 Å². The van der Waals surface area contributed by atoms with Gasteiger partial charge in [-0.2, -0.15) is 18.4 Å². The van der Waals surface area contributed by atoms with Crippen LogP contribution in [0.3, 0.4) is 0 Å². The van der Waals surface area contributed by atoms with Gasteiger partial charge in [-0.25, -0.2) is 19.6 Å². The monoisotopic (exact) mass is 439 g/mol. The SMILES string of the molecule is CCC(O)(c1cn(Cc2ccc3c(-c4cncnc4)cc(C#N)nc3c2)nn1)C(F)(F)F. The van der Waals surface area contributed by atoms with Gasteiger partial charge < -0.3 is 5.11 Å². The topological polar surface area (TPSA) is 113 Å². The van der Waals surface area contributed by atoms with E-state index in [0.29, 0.717) is 11.1 Å². The van der Waals surface area contributed by atoms with E-state index in [4.69, 9.17) is 0 Å². The van der Waals surface area contributed by atoms with Gasteiger partial charge in [0.05, 0.1) is 18.3 Å². The maximum atomic E-state index is 13.3. The highest BCUT2D eigenvalue weighted by Gasteiger charge is 2.55. The van der Waals surface area contributed by atoms with E-state index in [0.717, 1.165) is 22.7 Å². The number of pyridine rings is 1. The van der Waals surface area contributed by atoms with E-state index in [2.05, 4.69) is 25.3 Å². The molecule has 0 spiro atoms. The smallest absolute Gasteiger partial charge is 0.375 e. The van der Waals surface area contributed by atoms with Gasteiger partial charge >= 0.3 is 6.18 Å². The largest absolute Gasteiger partial charge is 0.423 e. The molecule has 0 saturated carbocycles. The maximum absolute atomic E-state index is 13.3. The summed E-state index contributed by atoms with van der Waals surface area (Å²) in [5.74, 6) is 0. The van der Waals surface area contributed by atoms with E-state index in [-0.39, 0.29) is 12.2 Å². The van der Waals surface area contributed by atoms with Crippen LogP contribution in [0.2, 0.25) is 0 Å². The van der Waals surface area contributed by atoms with Gasteiger partial charge in [0.1, 0.15) is 23.8 Å². The number of hydrogen-bond donors (Lipinski definition) is 1. The Bertz CT molecular complexity index is 1310. The van der Waals surface area contributed by atoms with Gasteiger partial charge in [-0.1, -0.05) is 24.3 Å². The number of aromatic nitrogens is 6. The molecule has 0 aliphatic rings. The van der Waals surface area contributed by atoms with Crippen LogP contribution < -0.4 is 0 Å². The lowest BCUT2D eigenvalue weighted by Gasteiger charge is -2.26. The lowest BCUT2D eigenvalue weighted by atomic mass is 9.96. The van der Waals surface area contributed by atoms with Crippen LogP contribution in [-0.4, -0.2) is 41.2 Å². The van der Waals surface area contributed by atoms with E-state index in [1.807, 2.05) is 6.07 Å². The van der Waals surface area contributed by atoms with Crippen LogP contribution >= 0.6 is 0 Å². The van der Waals surface area contributed by atoms with Crippen LogP contribution in [0, 0.1) is 11.3 Å². The van der Waals surface area contributed by atoms with Crippen molar-refractivity contribution in [2.45, 2.75) is 31.7 Å². The quantitative estimate of drug-likeness (QED) is 0.507. The highest BCUT2D eigenvalue weighted by Crippen LogP contribution is 2.40. The van der Waals surface area contributed by atoms with E-state index in [1.54, 1.807) is 36.7 Å². The number of nitriles is 1. The molecule has 0 saturated heterocycles. The fourth-order valence-corrected chi connectivity index (χ4v) is 3.39. The predicted octanol–water partition coefficient (Wildman–Crippen LogP) is 3.36. The summed E-state index contributed by atoms with van der Waals surface area (Å²) in [4.78, 5) is 12.4. The van der Waals surface area contributed by atoms with Gasteiger partial charge in [0.15, 0.2) is 0 Å². The molecule has 0 radical (unpaired) electrons. The van der Waals surface area contributed by atoms with Crippen molar-refractivity contribution in [2.75, 3.05) is 0 Å². The second-order valence-corrected chi connectivity index (χ2v) is 7.16. The third kappa shape index (κ3) is 3.76. The molecule has 1 N–H and O–H groups in total. The molecule has 1 unspecified atom stereocenters. The summed E-state index contributed by atoms with van der Waals surface area (Å²) in [7, 11) is 0. The molecule has 0 amide bonds. The summed E-state index contributed by atoms with van der Waals surface area (Å²) in [5.41, 5.74) is -0.764. The molecule has 4 rings (SSSR count). The van der Waals surface area contributed by atoms with E-state index >= 15 is 0 Å². The van der Waals surface area contributed by atoms with Crippen molar-refractivity contribution in [2.24, 2.45) is 0 Å². The number of benzene rings is 1. The van der Waals surface area contributed by atoms with Crippen LogP contribution in [0.25, 0.3) is 22.0 Å². The first kappa shape index (κ1) is 21.3. The Kier molecular flexibility index (Phi) is 5.31. The van der Waals surface area contributed by atoms with Crippen LogP contribution in [-0.2, 0) is 12.1 Å². The number of halogens is 3. The normalized spacial score (nSPS) is 13.6. The summed E-state index contributed by atoms with van der Waals surface area (Å²) >= 11 is 0. The van der Waals surface area contributed by atoms with Crippen molar-refractivity contribution in [1.82, 2.24) is 29.9 Å². The zero-order valence-corrected chi connectivity index (χ0v) is 16.7. The number of alkyl halides is 3. The first-order chi connectivity index (χ1) is 15.2. The second-order valence-electron chi connectivity index (χ2n) is 7.16. The number of fused-ring (bicyclic) bond motifs is 1.